The average molecular weight is 544 g/mol. The standard InChI is InChI=1S/C27H25Cl3N4O2/c28-19-4-6-20-18(13-31-23(20)12-19)9-10-34(15-24-27(30)22(29)14-32-24)25-7-3-17-11-16(1-5-21(17)25)2-8-26(35)33-36/h1-2,4-6,8,11-14,25,31-32,36H,3,7,9-10,15H2,(H,33,35). The highest BCUT2D eigenvalue weighted by Gasteiger charge is 2.29. The molecule has 0 bridgehead atoms. The molecule has 0 aliphatic heterocycles. The number of carbonyl (C=O) groups is 1. The van der Waals surface area contributed by atoms with E-state index in [1.54, 1.807) is 17.8 Å². The molecule has 6 nitrogen and oxygen atoms in total. The summed E-state index contributed by atoms with van der Waals surface area (Å²) in [6.45, 7) is 1.47. The van der Waals surface area contributed by atoms with Gasteiger partial charge in [0.1, 0.15) is 0 Å². The first kappa shape index (κ1) is 24.9. The van der Waals surface area contributed by atoms with Gasteiger partial charge >= 0.3 is 0 Å². The van der Waals surface area contributed by atoms with Gasteiger partial charge in [-0.15, -0.1) is 0 Å². The lowest BCUT2D eigenvalue weighted by Gasteiger charge is -2.29. The molecule has 9 heteroatoms. The number of nitrogens with one attached hydrogen (secondary N) is 3. The Morgan fingerprint density at radius 1 is 1.14 bits per heavy atom. The van der Waals surface area contributed by atoms with Crippen LogP contribution < -0.4 is 5.48 Å². The van der Waals surface area contributed by atoms with Crippen molar-refractivity contribution < 1.29 is 10.0 Å². The Labute approximate surface area is 223 Å². The second-order valence-corrected chi connectivity index (χ2v) is 10.2. The number of hydrogen-bond acceptors (Lipinski definition) is 3. The Hall–Kier alpha value is -2.74. The summed E-state index contributed by atoms with van der Waals surface area (Å²) in [5.41, 5.74) is 8.24. The van der Waals surface area contributed by atoms with Crippen LogP contribution in [0.2, 0.25) is 15.1 Å². The number of amides is 1. The van der Waals surface area contributed by atoms with Crippen LogP contribution in [0.25, 0.3) is 17.0 Å². The van der Waals surface area contributed by atoms with Crippen LogP contribution in [-0.2, 0) is 24.2 Å². The number of hydroxylamine groups is 1. The maximum Gasteiger partial charge on any atom is 0.267 e. The van der Waals surface area contributed by atoms with Gasteiger partial charge in [0.05, 0.1) is 10.0 Å². The largest absolute Gasteiger partial charge is 0.361 e. The molecular weight excluding hydrogens is 519 g/mol. The first-order valence-electron chi connectivity index (χ1n) is 11.7. The third-order valence-corrected chi connectivity index (χ3v) is 7.86. The highest BCUT2D eigenvalue weighted by atomic mass is 35.5. The molecule has 0 saturated heterocycles. The summed E-state index contributed by atoms with van der Waals surface area (Å²) in [7, 11) is 0. The van der Waals surface area contributed by atoms with E-state index >= 15 is 0 Å². The van der Waals surface area contributed by atoms with Gasteiger partial charge in [-0.1, -0.05) is 59.1 Å². The molecule has 2 aromatic heterocycles. The van der Waals surface area contributed by atoms with E-state index in [9.17, 15) is 4.79 Å². The lowest BCUT2D eigenvalue weighted by Crippen LogP contribution is -2.29. The quantitative estimate of drug-likeness (QED) is 0.113. The van der Waals surface area contributed by atoms with Gasteiger partial charge in [0.25, 0.3) is 5.91 Å². The van der Waals surface area contributed by atoms with Crippen molar-refractivity contribution in [1.82, 2.24) is 20.3 Å². The number of rotatable bonds is 8. The van der Waals surface area contributed by atoms with Crippen molar-refractivity contribution in [3.63, 3.8) is 0 Å². The predicted molar refractivity (Wildman–Crippen MR) is 145 cm³/mol. The third kappa shape index (κ3) is 5.19. The molecule has 4 N–H and O–H groups in total. The summed E-state index contributed by atoms with van der Waals surface area (Å²) in [5.74, 6) is -0.555. The van der Waals surface area contributed by atoms with Crippen LogP contribution in [-0.4, -0.2) is 32.5 Å². The van der Waals surface area contributed by atoms with Crippen LogP contribution in [0.1, 0.15) is 40.4 Å². The van der Waals surface area contributed by atoms with E-state index in [2.05, 4.69) is 39.3 Å². The summed E-state index contributed by atoms with van der Waals surface area (Å²) in [6, 6.07) is 12.4. The molecule has 4 aromatic rings. The summed E-state index contributed by atoms with van der Waals surface area (Å²) in [4.78, 5) is 20.4. The van der Waals surface area contributed by atoms with Gasteiger partial charge in [0, 0.05) is 59.2 Å². The fourth-order valence-electron chi connectivity index (χ4n) is 5.02. The van der Waals surface area contributed by atoms with Crippen LogP contribution in [0.3, 0.4) is 0 Å². The topological polar surface area (TPSA) is 84.2 Å². The number of aromatic amines is 2. The molecule has 36 heavy (non-hydrogen) atoms. The maximum atomic E-state index is 11.3. The van der Waals surface area contributed by atoms with Gasteiger partial charge in [-0.05, 0) is 59.7 Å². The molecular formula is C27H25Cl3N4O2. The van der Waals surface area contributed by atoms with E-state index in [0.717, 1.165) is 42.6 Å². The SMILES string of the molecule is O=C(C=Cc1ccc2c(c1)CCC2N(CCc1c[nH]c2cc(Cl)ccc12)Cc1[nH]cc(Cl)c1Cl)NO. The van der Waals surface area contributed by atoms with E-state index < -0.39 is 5.91 Å². The Balaban J connectivity index is 1.41. The number of halogens is 3. The van der Waals surface area contributed by atoms with E-state index in [1.165, 1.54) is 28.2 Å². The molecule has 5 rings (SSSR count). The molecule has 1 atom stereocenters. The summed E-state index contributed by atoms with van der Waals surface area (Å²) >= 11 is 18.9. The lowest BCUT2D eigenvalue weighted by atomic mass is 10.0. The van der Waals surface area contributed by atoms with Gasteiger partial charge in [0.2, 0.25) is 0 Å². The van der Waals surface area contributed by atoms with Crippen LogP contribution in [0.4, 0.5) is 0 Å². The monoisotopic (exact) mass is 542 g/mol. The van der Waals surface area contributed by atoms with Gasteiger partial charge in [0.15, 0.2) is 0 Å². The summed E-state index contributed by atoms with van der Waals surface area (Å²) < 4.78 is 0. The lowest BCUT2D eigenvalue weighted by molar-refractivity contribution is -0.124. The number of aryl methyl sites for hydroxylation is 1. The molecule has 186 valence electrons. The van der Waals surface area contributed by atoms with Crippen LogP contribution in [0, 0.1) is 0 Å². The third-order valence-electron chi connectivity index (χ3n) is 6.80. The van der Waals surface area contributed by atoms with Crippen molar-refractivity contribution in [2.75, 3.05) is 6.54 Å². The molecule has 2 aromatic carbocycles. The van der Waals surface area contributed by atoms with E-state index in [1.807, 2.05) is 18.2 Å². The van der Waals surface area contributed by atoms with Crippen molar-refractivity contribution in [3.05, 3.63) is 97.9 Å². The smallest absolute Gasteiger partial charge is 0.267 e. The van der Waals surface area contributed by atoms with E-state index in [4.69, 9.17) is 40.0 Å². The van der Waals surface area contributed by atoms with Gasteiger partial charge in [-0.3, -0.25) is 14.9 Å². The molecule has 1 amide bonds. The molecule has 0 saturated carbocycles. The molecule has 0 radical (unpaired) electrons. The Morgan fingerprint density at radius 3 is 2.78 bits per heavy atom. The van der Waals surface area contributed by atoms with Gasteiger partial charge < -0.3 is 9.97 Å². The van der Waals surface area contributed by atoms with Crippen molar-refractivity contribution in [2.45, 2.75) is 31.8 Å². The maximum absolute atomic E-state index is 11.3. The molecule has 0 fully saturated rings. The zero-order chi connectivity index (χ0) is 25.2. The highest BCUT2D eigenvalue weighted by Crippen LogP contribution is 2.38. The minimum Gasteiger partial charge on any atom is -0.361 e. The van der Waals surface area contributed by atoms with Crippen LogP contribution in [0.15, 0.2) is 54.9 Å². The minimum atomic E-state index is -0.555. The Morgan fingerprint density at radius 2 is 2.00 bits per heavy atom. The number of carbonyl (C=O) groups excluding carboxylic acids is 1. The fourth-order valence-corrected chi connectivity index (χ4v) is 5.53. The van der Waals surface area contributed by atoms with Crippen molar-refractivity contribution >= 4 is 57.7 Å². The zero-order valence-electron chi connectivity index (χ0n) is 19.3. The van der Waals surface area contributed by atoms with Crippen molar-refractivity contribution in [3.8, 4) is 0 Å². The molecule has 1 aliphatic rings. The molecule has 0 spiro atoms. The normalized spacial score (nSPS) is 15.3. The highest BCUT2D eigenvalue weighted by molar-refractivity contribution is 6.42. The Bertz CT molecular complexity index is 1440. The molecule has 1 aliphatic carbocycles. The molecule has 2 heterocycles. The minimum absolute atomic E-state index is 0.219. The number of benzene rings is 2. The first-order valence-corrected chi connectivity index (χ1v) is 12.8. The molecule has 1 unspecified atom stereocenters. The predicted octanol–water partition coefficient (Wildman–Crippen LogP) is 6.71. The fraction of sp³-hybridized carbons (Fsp3) is 0.222. The van der Waals surface area contributed by atoms with Crippen molar-refractivity contribution in [2.24, 2.45) is 0 Å². The van der Waals surface area contributed by atoms with E-state index in [-0.39, 0.29) is 6.04 Å². The number of H-pyrrole nitrogens is 2. The van der Waals surface area contributed by atoms with E-state index in [0.29, 0.717) is 21.6 Å². The first-order chi connectivity index (χ1) is 17.4. The average Bonchev–Trinajstić information content (AvgIpc) is 3.57. The summed E-state index contributed by atoms with van der Waals surface area (Å²) in [6.07, 6.45) is 9.57. The second-order valence-electron chi connectivity index (χ2n) is 8.98. The number of hydrogen-bond donors (Lipinski definition) is 4. The van der Waals surface area contributed by atoms with Gasteiger partial charge in [-0.25, -0.2) is 5.48 Å². The van der Waals surface area contributed by atoms with Crippen LogP contribution in [0.5, 0.6) is 0 Å². The Kier molecular flexibility index (Phi) is 7.42. The zero-order valence-corrected chi connectivity index (χ0v) is 21.6. The van der Waals surface area contributed by atoms with Crippen LogP contribution >= 0.6 is 34.8 Å². The second kappa shape index (κ2) is 10.7. The summed E-state index contributed by atoms with van der Waals surface area (Å²) in [5, 5.41) is 11.7. The number of fused-ring (bicyclic) bond motifs is 2. The van der Waals surface area contributed by atoms with Gasteiger partial charge in [-0.2, -0.15) is 0 Å². The number of aromatic nitrogens is 2. The number of nitrogens with zero attached hydrogens (tertiary/aromatic N) is 1. The van der Waals surface area contributed by atoms with Crippen molar-refractivity contribution in [1.29, 1.82) is 0 Å².